The predicted molar refractivity (Wildman–Crippen MR) is 88.7 cm³/mol. The van der Waals surface area contributed by atoms with Crippen molar-refractivity contribution in [3.05, 3.63) is 48.0 Å². The molecule has 0 radical (unpaired) electrons. The van der Waals surface area contributed by atoms with Gasteiger partial charge in [0.15, 0.2) is 0 Å². The maximum absolute atomic E-state index is 12.1. The van der Waals surface area contributed by atoms with Crippen molar-refractivity contribution in [1.82, 2.24) is 10.6 Å². The summed E-state index contributed by atoms with van der Waals surface area (Å²) in [6.07, 6.45) is 0.298. The number of rotatable bonds is 6. The Morgan fingerprint density at radius 3 is 2.45 bits per heavy atom. The minimum absolute atomic E-state index is 0.0347. The molecule has 0 aliphatic carbocycles. The van der Waals surface area contributed by atoms with E-state index < -0.39 is 0 Å². The van der Waals surface area contributed by atoms with Crippen LogP contribution in [-0.4, -0.2) is 24.9 Å². The van der Waals surface area contributed by atoms with E-state index in [1.807, 2.05) is 50.2 Å². The summed E-state index contributed by atoms with van der Waals surface area (Å²) in [6.45, 7) is 5.09. The summed E-state index contributed by atoms with van der Waals surface area (Å²) < 4.78 is 0. The van der Waals surface area contributed by atoms with Gasteiger partial charge in [-0.15, -0.1) is 0 Å². The number of benzene rings is 2. The molecule has 0 aromatic heterocycles. The molecule has 0 spiro atoms. The van der Waals surface area contributed by atoms with Crippen LogP contribution >= 0.6 is 0 Å². The summed E-state index contributed by atoms with van der Waals surface area (Å²) in [5, 5.41) is 7.75. The molecule has 0 unspecified atom stereocenters. The first-order valence-corrected chi connectivity index (χ1v) is 7.60. The average Bonchev–Trinajstić information content (AvgIpc) is 2.52. The summed E-state index contributed by atoms with van der Waals surface area (Å²) >= 11 is 0. The van der Waals surface area contributed by atoms with Gasteiger partial charge >= 0.3 is 0 Å². The highest BCUT2D eigenvalue weighted by atomic mass is 16.2. The number of fused-ring (bicyclic) bond motifs is 1. The van der Waals surface area contributed by atoms with Gasteiger partial charge in [-0.05, 0) is 28.8 Å². The van der Waals surface area contributed by atoms with Crippen molar-refractivity contribution in [2.45, 2.75) is 20.3 Å². The molecule has 0 aliphatic heterocycles. The van der Waals surface area contributed by atoms with Gasteiger partial charge in [0.05, 0.1) is 0 Å². The van der Waals surface area contributed by atoms with Crippen LogP contribution in [0.4, 0.5) is 0 Å². The summed E-state index contributed by atoms with van der Waals surface area (Å²) in [6, 6.07) is 13.5. The molecule has 0 heterocycles. The van der Waals surface area contributed by atoms with Gasteiger partial charge in [-0.2, -0.15) is 0 Å². The lowest BCUT2D eigenvalue weighted by molar-refractivity contribution is -0.121. The fraction of sp³-hybridized carbons (Fsp3) is 0.333. The van der Waals surface area contributed by atoms with Crippen LogP contribution in [0.15, 0.2) is 42.5 Å². The minimum atomic E-state index is -0.151. The highest BCUT2D eigenvalue weighted by Crippen LogP contribution is 2.15. The van der Waals surface area contributed by atoms with E-state index in [0.29, 0.717) is 31.0 Å². The number of amides is 2. The Morgan fingerprint density at radius 1 is 1.00 bits per heavy atom. The van der Waals surface area contributed by atoms with E-state index >= 15 is 0 Å². The van der Waals surface area contributed by atoms with E-state index in [9.17, 15) is 9.59 Å². The average molecular weight is 298 g/mol. The number of carbonyl (C=O) groups is 2. The van der Waals surface area contributed by atoms with Crippen LogP contribution in [0.2, 0.25) is 0 Å². The van der Waals surface area contributed by atoms with Crippen molar-refractivity contribution in [3.63, 3.8) is 0 Å². The first-order valence-electron chi connectivity index (χ1n) is 7.60. The Bertz CT molecular complexity index is 665. The molecule has 2 aromatic carbocycles. The van der Waals surface area contributed by atoms with E-state index in [1.54, 1.807) is 6.07 Å². The quantitative estimate of drug-likeness (QED) is 0.861. The molecule has 0 aliphatic rings. The van der Waals surface area contributed by atoms with Crippen molar-refractivity contribution < 1.29 is 9.59 Å². The highest BCUT2D eigenvalue weighted by Gasteiger charge is 2.07. The molecular weight excluding hydrogens is 276 g/mol. The lowest BCUT2D eigenvalue weighted by Crippen LogP contribution is -2.32. The number of hydrogen-bond acceptors (Lipinski definition) is 2. The zero-order valence-corrected chi connectivity index (χ0v) is 13.1. The van der Waals surface area contributed by atoms with Crippen molar-refractivity contribution in [1.29, 1.82) is 0 Å². The largest absolute Gasteiger partial charge is 0.356 e. The van der Waals surface area contributed by atoms with Crippen LogP contribution in [-0.2, 0) is 4.79 Å². The molecule has 116 valence electrons. The van der Waals surface area contributed by atoms with E-state index in [4.69, 9.17) is 0 Å². The monoisotopic (exact) mass is 298 g/mol. The summed E-state index contributed by atoms with van der Waals surface area (Å²) in [7, 11) is 0. The van der Waals surface area contributed by atoms with E-state index in [0.717, 1.165) is 10.8 Å². The minimum Gasteiger partial charge on any atom is -0.356 e. The summed E-state index contributed by atoms with van der Waals surface area (Å²) in [5.74, 6) is 0.242. The molecule has 0 atom stereocenters. The fourth-order valence-corrected chi connectivity index (χ4v) is 2.13. The van der Waals surface area contributed by atoms with Crippen LogP contribution in [0.5, 0.6) is 0 Å². The maximum Gasteiger partial charge on any atom is 0.251 e. The van der Waals surface area contributed by atoms with Gasteiger partial charge < -0.3 is 10.6 Å². The van der Waals surface area contributed by atoms with E-state index in [2.05, 4.69) is 10.6 Å². The maximum atomic E-state index is 12.1. The standard InChI is InChI=1S/C18H22N2O2/c1-13(2)12-20-17(21)9-10-19-18(22)16-8-7-14-5-3-4-6-15(14)11-16/h3-8,11,13H,9-10,12H2,1-2H3,(H,19,22)(H,20,21). The molecule has 0 fully saturated rings. The van der Waals surface area contributed by atoms with Crippen molar-refractivity contribution >= 4 is 22.6 Å². The third-order valence-electron chi connectivity index (χ3n) is 3.36. The molecule has 22 heavy (non-hydrogen) atoms. The van der Waals surface area contributed by atoms with E-state index in [1.165, 1.54) is 0 Å². The second-order valence-corrected chi connectivity index (χ2v) is 5.77. The van der Waals surface area contributed by atoms with Crippen LogP contribution < -0.4 is 10.6 Å². The molecule has 0 saturated carbocycles. The first kappa shape index (κ1) is 16.0. The molecular formula is C18H22N2O2. The molecule has 4 nitrogen and oxygen atoms in total. The van der Waals surface area contributed by atoms with Gasteiger partial charge in [0, 0.05) is 25.1 Å². The highest BCUT2D eigenvalue weighted by molar-refractivity contribution is 5.98. The van der Waals surface area contributed by atoms with Gasteiger partial charge in [0.1, 0.15) is 0 Å². The third kappa shape index (κ3) is 4.58. The smallest absolute Gasteiger partial charge is 0.251 e. The normalized spacial score (nSPS) is 10.7. The Morgan fingerprint density at radius 2 is 1.73 bits per heavy atom. The first-order chi connectivity index (χ1) is 10.6. The molecule has 4 heteroatoms. The zero-order chi connectivity index (χ0) is 15.9. The topological polar surface area (TPSA) is 58.2 Å². The predicted octanol–water partition coefficient (Wildman–Crippen LogP) is 2.73. The lowest BCUT2D eigenvalue weighted by Gasteiger charge is -2.09. The molecule has 2 rings (SSSR count). The molecule has 0 bridgehead atoms. The Kier molecular flexibility index (Phi) is 5.53. The Balaban J connectivity index is 1.85. The van der Waals surface area contributed by atoms with Gasteiger partial charge in [0.25, 0.3) is 5.91 Å². The second kappa shape index (κ2) is 7.59. The van der Waals surface area contributed by atoms with Crippen LogP contribution in [0.3, 0.4) is 0 Å². The number of carbonyl (C=O) groups excluding carboxylic acids is 2. The summed E-state index contributed by atoms with van der Waals surface area (Å²) in [5.41, 5.74) is 0.612. The Labute approximate surface area is 130 Å². The van der Waals surface area contributed by atoms with Crippen molar-refractivity contribution in [3.8, 4) is 0 Å². The van der Waals surface area contributed by atoms with Gasteiger partial charge in [-0.3, -0.25) is 9.59 Å². The lowest BCUT2D eigenvalue weighted by atomic mass is 10.1. The van der Waals surface area contributed by atoms with E-state index in [-0.39, 0.29) is 11.8 Å². The number of hydrogen-bond donors (Lipinski definition) is 2. The summed E-state index contributed by atoms with van der Waals surface area (Å²) in [4.78, 5) is 23.7. The van der Waals surface area contributed by atoms with Gasteiger partial charge in [0.2, 0.25) is 5.91 Å². The van der Waals surface area contributed by atoms with Crippen molar-refractivity contribution in [2.75, 3.05) is 13.1 Å². The van der Waals surface area contributed by atoms with Crippen LogP contribution in [0.25, 0.3) is 10.8 Å². The van der Waals surface area contributed by atoms with Gasteiger partial charge in [-0.1, -0.05) is 44.2 Å². The third-order valence-corrected chi connectivity index (χ3v) is 3.36. The molecule has 2 N–H and O–H groups in total. The fourth-order valence-electron chi connectivity index (χ4n) is 2.13. The Hall–Kier alpha value is -2.36. The molecule has 0 saturated heterocycles. The second-order valence-electron chi connectivity index (χ2n) is 5.77. The zero-order valence-electron chi connectivity index (χ0n) is 13.1. The van der Waals surface area contributed by atoms with Crippen LogP contribution in [0, 0.1) is 5.92 Å². The number of nitrogens with one attached hydrogen (secondary N) is 2. The van der Waals surface area contributed by atoms with Gasteiger partial charge in [-0.25, -0.2) is 0 Å². The van der Waals surface area contributed by atoms with Crippen molar-refractivity contribution in [2.24, 2.45) is 5.92 Å². The molecule has 2 amide bonds. The SMILES string of the molecule is CC(C)CNC(=O)CCNC(=O)c1ccc2ccccc2c1. The molecule has 2 aromatic rings. The van der Waals surface area contributed by atoms with Crippen LogP contribution in [0.1, 0.15) is 30.6 Å².